The lowest BCUT2D eigenvalue weighted by atomic mass is 9.78. The van der Waals surface area contributed by atoms with E-state index < -0.39 is 0 Å². The molecule has 0 N–H and O–H groups in total. The first-order valence-corrected chi connectivity index (χ1v) is 19.6. The number of nitrogens with zero attached hydrogens (tertiary/aromatic N) is 2. The van der Waals surface area contributed by atoms with E-state index >= 15 is 0 Å². The number of benzene rings is 8. The smallest absolute Gasteiger partial charge is 0.134 e. The van der Waals surface area contributed by atoms with Crippen molar-refractivity contribution < 1.29 is 4.42 Å². The molecule has 1 aliphatic carbocycles. The molecule has 8 aromatic carbocycles. The molecule has 0 radical (unpaired) electrons. The molecule has 12 rings (SSSR count). The number of aromatic nitrogens is 2. The Bertz CT molecular complexity index is 3390. The summed E-state index contributed by atoms with van der Waals surface area (Å²) in [6.07, 6.45) is 4.66. The van der Waals surface area contributed by atoms with Gasteiger partial charge in [-0.25, -0.2) is 0 Å². The summed E-state index contributed by atoms with van der Waals surface area (Å²) >= 11 is 0. The van der Waals surface area contributed by atoms with Crippen molar-refractivity contribution in [2.24, 2.45) is 0 Å². The molecule has 3 heteroatoms. The number of hydrogen-bond donors (Lipinski definition) is 0. The fraction of sp³-hybridized carbons (Fsp3) is 0.0566. The summed E-state index contributed by atoms with van der Waals surface area (Å²) in [5.41, 5.74) is 13.1. The monoisotopic (exact) mass is 716 g/mol. The highest BCUT2D eigenvalue weighted by atomic mass is 16.3. The van der Waals surface area contributed by atoms with E-state index in [4.69, 9.17) is 4.42 Å². The van der Waals surface area contributed by atoms with Gasteiger partial charge in [-0.05, 0) is 82.7 Å². The highest BCUT2D eigenvalue weighted by molar-refractivity contribution is 6.13. The van der Waals surface area contributed by atoms with Gasteiger partial charge in [0.1, 0.15) is 11.3 Å². The molecule has 3 heterocycles. The predicted octanol–water partition coefficient (Wildman–Crippen LogP) is 14.4. The van der Waals surface area contributed by atoms with Crippen LogP contribution < -0.4 is 0 Å². The normalized spacial score (nSPS) is 15.5. The number of para-hydroxylation sites is 4. The van der Waals surface area contributed by atoms with Crippen molar-refractivity contribution in [1.29, 1.82) is 0 Å². The molecule has 3 aromatic heterocycles. The molecule has 2 unspecified atom stereocenters. The first kappa shape index (κ1) is 31.3. The summed E-state index contributed by atoms with van der Waals surface area (Å²) < 4.78 is 11.3. The Balaban J connectivity index is 1.00. The van der Waals surface area contributed by atoms with Crippen LogP contribution in [0, 0.1) is 0 Å². The average molecular weight is 717 g/mol. The van der Waals surface area contributed by atoms with Crippen molar-refractivity contribution in [2.75, 3.05) is 0 Å². The number of fused-ring (bicyclic) bond motifs is 10. The quantitative estimate of drug-likeness (QED) is 0.178. The van der Waals surface area contributed by atoms with Crippen molar-refractivity contribution in [3.8, 4) is 22.5 Å². The number of allylic oxidation sites excluding steroid dienone is 1. The third-order valence-electron chi connectivity index (χ3n) is 12.3. The minimum absolute atomic E-state index is 0.196. The Morgan fingerprint density at radius 3 is 1.77 bits per heavy atom. The second-order valence-corrected chi connectivity index (χ2v) is 15.3. The summed E-state index contributed by atoms with van der Waals surface area (Å²) in [4.78, 5) is 0. The van der Waals surface area contributed by atoms with Crippen molar-refractivity contribution in [2.45, 2.75) is 18.8 Å². The van der Waals surface area contributed by atoms with Crippen LogP contribution in [0.5, 0.6) is 0 Å². The van der Waals surface area contributed by atoms with Gasteiger partial charge in [0.15, 0.2) is 0 Å². The molecule has 1 aliphatic rings. The zero-order valence-corrected chi connectivity index (χ0v) is 30.9. The van der Waals surface area contributed by atoms with Gasteiger partial charge in [-0.15, -0.1) is 0 Å². The van der Waals surface area contributed by atoms with Crippen LogP contribution >= 0.6 is 0 Å². The van der Waals surface area contributed by atoms with Gasteiger partial charge in [-0.1, -0.05) is 134 Å². The summed E-state index contributed by atoms with van der Waals surface area (Å²) in [6.45, 7) is 2.31. The minimum Gasteiger partial charge on any atom is -0.460 e. The molecule has 2 atom stereocenters. The molecule has 0 aliphatic heterocycles. The number of rotatable bonds is 4. The maximum Gasteiger partial charge on any atom is 0.134 e. The predicted molar refractivity (Wildman–Crippen MR) is 234 cm³/mol. The molecule has 0 bridgehead atoms. The lowest BCUT2D eigenvalue weighted by molar-refractivity contribution is 0.482. The van der Waals surface area contributed by atoms with Crippen LogP contribution in [0.25, 0.3) is 93.9 Å². The van der Waals surface area contributed by atoms with Gasteiger partial charge >= 0.3 is 0 Å². The van der Waals surface area contributed by atoms with Crippen LogP contribution in [0.1, 0.15) is 35.6 Å². The van der Waals surface area contributed by atoms with E-state index in [2.05, 4.69) is 204 Å². The highest BCUT2D eigenvalue weighted by Gasteiger charge is 2.30. The Hall–Kier alpha value is -7.10. The van der Waals surface area contributed by atoms with E-state index in [0.717, 1.165) is 11.3 Å². The fourth-order valence-corrected chi connectivity index (χ4v) is 9.72. The third-order valence-corrected chi connectivity index (χ3v) is 12.3. The first-order valence-electron chi connectivity index (χ1n) is 19.6. The highest BCUT2D eigenvalue weighted by Crippen LogP contribution is 2.46. The first-order chi connectivity index (χ1) is 27.7. The Morgan fingerprint density at radius 1 is 0.446 bits per heavy atom. The number of hydrogen-bond acceptors (Lipinski definition) is 1. The van der Waals surface area contributed by atoms with E-state index in [1.165, 1.54) is 93.4 Å². The Kier molecular flexibility index (Phi) is 6.67. The van der Waals surface area contributed by atoms with Gasteiger partial charge in [0.2, 0.25) is 0 Å². The molecule has 0 saturated carbocycles. The van der Waals surface area contributed by atoms with Gasteiger partial charge < -0.3 is 13.6 Å². The molecule has 0 amide bonds. The molecule has 3 nitrogen and oxygen atoms in total. The molecule has 264 valence electrons. The Morgan fingerprint density at radius 2 is 1.02 bits per heavy atom. The average Bonchev–Trinajstić information content (AvgIpc) is 3.92. The number of furan rings is 1. The van der Waals surface area contributed by atoms with Gasteiger partial charge in [0.25, 0.3) is 0 Å². The van der Waals surface area contributed by atoms with Crippen molar-refractivity contribution in [3.05, 3.63) is 199 Å². The van der Waals surface area contributed by atoms with Crippen LogP contribution in [-0.2, 0) is 0 Å². The summed E-state index contributed by atoms with van der Waals surface area (Å²) in [5.74, 6) is 1.48. The van der Waals surface area contributed by atoms with Crippen molar-refractivity contribution in [3.63, 3.8) is 0 Å². The molecule has 0 saturated heterocycles. The minimum atomic E-state index is 0.196. The third kappa shape index (κ3) is 4.46. The van der Waals surface area contributed by atoms with E-state index in [9.17, 15) is 0 Å². The van der Waals surface area contributed by atoms with Crippen LogP contribution in [0.15, 0.2) is 186 Å². The fourth-order valence-electron chi connectivity index (χ4n) is 9.72. The van der Waals surface area contributed by atoms with Crippen LogP contribution in [0.3, 0.4) is 0 Å². The van der Waals surface area contributed by atoms with E-state index in [1.807, 2.05) is 0 Å². The van der Waals surface area contributed by atoms with Crippen molar-refractivity contribution in [1.82, 2.24) is 9.13 Å². The van der Waals surface area contributed by atoms with Crippen molar-refractivity contribution >= 4 is 71.4 Å². The van der Waals surface area contributed by atoms with Crippen LogP contribution in [0.4, 0.5) is 0 Å². The molecule has 0 spiro atoms. The largest absolute Gasteiger partial charge is 0.460 e. The second kappa shape index (κ2) is 11.9. The maximum absolute atomic E-state index is 6.49. The molecule has 0 fully saturated rings. The molecule has 11 aromatic rings. The van der Waals surface area contributed by atoms with Gasteiger partial charge in [-0.2, -0.15) is 0 Å². The second-order valence-electron chi connectivity index (χ2n) is 15.3. The lowest BCUT2D eigenvalue weighted by Gasteiger charge is -2.25. The summed E-state index contributed by atoms with van der Waals surface area (Å²) in [6, 6.07) is 64.2. The lowest BCUT2D eigenvalue weighted by Crippen LogP contribution is -2.10. The summed E-state index contributed by atoms with van der Waals surface area (Å²) in [7, 11) is 0. The van der Waals surface area contributed by atoms with Crippen LogP contribution in [-0.4, -0.2) is 9.13 Å². The topological polar surface area (TPSA) is 23.0 Å². The van der Waals surface area contributed by atoms with Gasteiger partial charge in [0, 0.05) is 55.4 Å². The SMILES string of the molecule is CC1c2oc3ccccc3c2C=CC1c1cccc2c(-n3c4ccccc4c4cc(-c5ccc6c(c5)c5ccccc5n6-c5ccccc5)ccc43)cccc12. The zero-order valence-electron chi connectivity index (χ0n) is 30.9. The Labute approximate surface area is 324 Å². The zero-order chi connectivity index (χ0) is 36.9. The van der Waals surface area contributed by atoms with Gasteiger partial charge in [-0.3, -0.25) is 0 Å². The molecule has 56 heavy (non-hydrogen) atoms. The van der Waals surface area contributed by atoms with Gasteiger partial charge in [0.05, 0.1) is 27.8 Å². The van der Waals surface area contributed by atoms with E-state index in [1.54, 1.807) is 0 Å². The maximum atomic E-state index is 6.49. The van der Waals surface area contributed by atoms with Crippen LogP contribution in [0.2, 0.25) is 0 Å². The molecular formula is C53H36N2O. The van der Waals surface area contributed by atoms with E-state index in [0.29, 0.717) is 0 Å². The summed E-state index contributed by atoms with van der Waals surface area (Å²) in [5, 5.41) is 8.73. The standard InChI is InChI=1S/C53H36N2O/c1-33-37(27-28-44-43-17-7-10-24-52(43)56-53(33)44)38-18-11-20-40-39(38)19-12-23-49(40)55-48-22-9-6-16-42(48)46-32-35(26-30-51(46)55)34-25-29-50-45(31-34)41-15-5-8-21-47(41)54(50)36-13-3-2-4-14-36/h2-33,37H,1H3. The van der Waals surface area contributed by atoms with E-state index in [-0.39, 0.29) is 11.8 Å². The molecular weight excluding hydrogens is 681 g/mol.